The number of hydrogen-bond acceptors (Lipinski definition) is 3. The zero-order chi connectivity index (χ0) is 14.9. The fourth-order valence-electron chi connectivity index (χ4n) is 4.59. The second kappa shape index (κ2) is 5.71. The van der Waals surface area contributed by atoms with Gasteiger partial charge >= 0.3 is 0 Å². The highest BCUT2D eigenvalue weighted by atomic mass is 16.7. The standard InChI is InChI=1S/C18H26O3/c1-3-5-6-16(19)15-12-14-7-9-17(15,8-4-2)18(13-14)20-10-11-21-18/h3-4,7,9,14-16,19H,1-2,5-6,8,10-13H2. The molecular formula is C18H26O3. The van der Waals surface area contributed by atoms with Crippen molar-refractivity contribution in [3.05, 3.63) is 37.5 Å². The van der Waals surface area contributed by atoms with Gasteiger partial charge in [-0.2, -0.15) is 0 Å². The predicted octanol–water partition coefficient (Wildman–Crippen LogP) is 3.22. The van der Waals surface area contributed by atoms with Gasteiger partial charge in [0.1, 0.15) is 0 Å². The summed E-state index contributed by atoms with van der Waals surface area (Å²) in [6, 6.07) is 0. The van der Waals surface area contributed by atoms with Gasteiger partial charge in [-0.05, 0) is 37.5 Å². The highest BCUT2D eigenvalue weighted by molar-refractivity contribution is 5.24. The highest BCUT2D eigenvalue weighted by Gasteiger charge is 2.64. The van der Waals surface area contributed by atoms with E-state index in [1.54, 1.807) is 0 Å². The molecule has 1 spiro atoms. The maximum Gasteiger partial charge on any atom is 0.178 e. The van der Waals surface area contributed by atoms with Crippen molar-refractivity contribution in [3.63, 3.8) is 0 Å². The van der Waals surface area contributed by atoms with Crippen molar-refractivity contribution >= 4 is 0 Å². The zero-order valence-corrected chi connectivity index (χ0v) is 12.7. The lowest BCUT2D eigenvalue weighted by atomic mass is 9.52. The van der Waals surface area contributed by atoms with Crippen molar-refractivity contribution in [2.45, 2.75) is 44.0 Å². The quantitative estimate of drug-likeness (QED) is 0.763. The zero-order valence-electron chi connectivity index (χ0n) is 12.7. The summed E-state index contributed by atoms with van der Waals surface area (Å²) in [5.74, 6) is 0.0501. The number of allylic oxidation sites excluding steroid dienone is 3. The van der Waals surface area contributed by atoms with Crippen molar-refractivity contribution in [1.82, 2.24) is 0 Å². The molecule has 0 amide bonds. The molecule has 1 heterocycles. The molecule has 2 bridgehead atoms. The van der Waals surface area contributed by atoms with Crippen molar-refractivity contribution in [2.24, 2.45) is 17.3 Å². The molecule has 3 nitrogen and oxygen atoms in total. The first-order chi connectivity index (χ1) is 10.2. The second-order valence-corrected chi connectivity index (χ2v) is 6.58. The average molecular weight is 290 g/mol. The Morgan fingerprint density at radius 1 is 1.29 bits per heavy atom. The number of rotatable bonds is 6. The first-order valence-corrected chi connectivity index (χ1v) is 8.04. The van der Waals surface area contributed by atoms with E-state index in [-0.39, 0.29) is 17.4 Å². The van der Waals surface area contributed by atoms with E-state index < -0.39 is 5.79 Å². The predicted molar refractivity (Wildman–Crippen MR) is 82.7 cm³/mol. The minimum absolute atomic E-state index is 0.164. The van der Waals surface area contributed by atoms with Gasteiger partial charge in [-0.15, -0.1) is 13.2 Å². The van der Waals surface area contributed by atoms with Crippen molar-refractivity contribution in [3.8, 4) is 0 Å². The lowest BCUT2D eigenvalue weighted by molar-refractivity contribution is -0.277. The summed E-state index contributed by atoms with van der Waals surface area (Å²) in [6.45, 7) is 8.99. The van der Waals surface area contributed by atoms with Gasteiger partial charge in [0, 0.05) is 6.42 Å². The molecule has 1 N–H and O–H groups in total. The molecule has 1 saturated heterocycles. The molecule has 116 valence electrons. The molecule has 0 aromatic rings. The first-order valence-electron chi connectivity index (χ1n) is 8.04. The van der Waals surface area contributed by atoms with Crippen LogP contribution < -0.4 is 0 Å². The van der Waals surface area contributed by atoms with E-state index in [1.165, 1.54) is 0 Å². The van der Waals surface area contributed by atoms with Gasteiger partial charge in [0.25, 0.3) is 0 Å². The molecule has 21 heavy (non-hydrogen) atoms. The van der Waals surface area contributed by atoms with Crippen LogP contribution in [0, 0.1) is 17.3 Å². The van der Waals surface area contributed by atoms with E-state index in [0.717, 1.165) is 32.1 Å². The van der Waals surface area contributed by atoms with Gasteiger partial charge < -0.3 is 14.6 Å². The lowest BCUT2D eigenvalue weighted by Gasteiger charge is -2.58. The average Bonchev–Trinajstić information content (AvgIpc) is 2.95. The van der Waals surface area contributed by atoms with Crippen molar-refractivity contribution in [2.75, 3.05) is 13.2 Å². The Morgan fingerprint density at radius 2 is 2.05 bits per heavy atom. The number of ether oxygens (including phenoxy) is 2. The maximum atomic E-state index is 10.7. The smallest absolute Gasteiger partial charge is 0.178 e. The van der Waals surface area contributed by atoms with Crippen LogP contribution in [0.1, 0.15) is 32.1 Å². The van der Waals surface area contributed by atoms with Crippen LogP contribution in [0.2, 0.25) is 0 Å². The van der Waals surface area contributed by atoms with Gasteiger partial charge in [-0.3, -0.25) is 0 Å². The largest absolute Gasteiger partial charge is 0.393 e. The van der Waals surface area contributed by atoms with E-state index in [0.29, 0.717) is 19.1 Å². The van der Waals surface area contributed by atoms with Crippen LogP contribution in [0.5, 0.6) is 0 Å². The first kappa shape index (κ1) is 15.0. The molecule has 4 atom stereocenters. The molecule has 3 heteroatoms. The Balaban J connectivity index is 1.95. The molecule has 0 aromatic carbocycles. The Morgan fingerprint density at radius 3 is 2.71 bits per heavy atom. The number of fused-ring (bicyclic) bond motifs is 1. The van der Waals surface area contributed by atoms with Gasteiger partial charge in [-0.25, -0.2) is 0 Å². The molecular weight excluding hydrogens is 264 g/mol. The third-order valence-corrected chi connectivity index (χ3v) is 5.49. The van der Waals surface area contributed by atoms with Crippen LogP contribution in [-0.4, -0.2) is 30.2 Å². The molecule has 4 rings (SSSR count). The number of hydrogen-bond donors (Lipinski definition) is 1. The summed E-state index contributed by atoms with van der Waals surface area (Å²) in [5, 5.41) is 10.7. The molecule has 2 fully saturated rings. The topological polar surface area (TPSA) is 38.7 Å². The maximum absolute atomic E-state index is 10.7. The fraction of sp³-hybridized carbons (Fsp3) is 0.667. The van der Waals surface area contributed by atoms with Crippen LogP contribution in [0.4, 0.5) is 0 Å². The fourth-order valence-corrected chi connectivity index (χ4v) is 4.59. The normalized spacial score (nSPS) is 37.8. The van der Waals surface area contributed by atoms with E-state index >= 15 is 0 Å². The summed E-state index contributed by atoms with van der Waals surface area (Å²) >= 11 is 0. The molecule has 3 aliphatic carbocycles. The van der Waals surface area contributed by atoms with E-state index in [1.807, 2.05) is 12.2 Å². The van der Waals surface area contributed by atoms with E-state index in [9.17, 15) is 5.11 Å². The van der Waals surface area contributed by atoms with Gasteiger partial charge in [0.2, 0.25) is 0 Å². The Bertz CT molecular complexity index is 436. The molecule has 4 unspecified atom stereocenters. The third kappa shape index (κ3) is 2.23. The van der Waals surface area contributed by atoms with E-state index in [4.69, 9.17) is 9.47 Å². The lowest BCUT2D eigenvalue weighted by Crippen LogP contribution is -2.61. The molecule has 1 saturated carbocycles. The molecule has 0 radical (unpaired) electrons. The molecule has 4 aliphatic rings. The van der Waals surface area contributed by atoms with Crippen LogP contribution in [-0.2, 0) is 9.47 Å². The van der Waals surface area contributed by atoms with Crippen molar-refractivity contribution < 1.29 is 14.6 Å². The van der Waals surface area contributed by atoms with E-state index in [2.05, 4.69) is 25.3 Å². The Labute approximate surface area is 127 Å². The summed E-state index contributed by atoms with van der Waals surface area (Å²) in [4.78, 5) is 0. The SMILES string of the molecule is C=CCCC(O)C1CC2C=CC1(CC=C)C1(C2)OCCO1. The molecule has 0 aromatic heterocycles. The summed E-state index contributed by atoms with van der Waals surface area (Å²) < 4.78 is 12.2. The molecule has 1 aliphatic heterocycles. The van der Waals surface area contributed by atoms with Gasteiger partial charge in [-0.1, -0.05) is 24.3 Å². The van der Waals surface area contributed by atoms with Gasteiger partial charge in [0.15, 0.2) is 5.79 Å². The summed E-state index contributed by atoms with van der Waals surface area (Å²) in [7, 11) is 0. The van der Waals surface area contributed by atoms with Crippen LogP contribution in [0.25, 0.3) is 0 Å². The minimum Gasteiger partial charge on any atom is -0.393 e. The number of aliphatic hydroxyl groups excluding tert-OH is 1. The number of aliphatic hydroxyl groups is 1. The Kier molecular flexibility index (Phi) is 4.08. The van der Waals surface area contributed by atoms with Crippen LogP contribution in [0.3, 0.4) is 0 Å². The second-order valence-electron chi connectivity index (χ2n) is 6.58. The van der Waals surface area contributed by atoms with Crippen LogP contribution >= 0.6 is 0 Å². The van der Waals surface area contributed by atoms with Crippen LogP contribution in [0.15, 0.2) is 37.5 Å². The monoisotopic (exact) mass is 290 g/mol. The summed E-state index contributed by atoms with van der Waals surface area (Å²) in [5.41, 5.74) is -0.277. The van der Waals surface area contributed by atoms with Gasteiger partial charge in [0.05, 0.1) is 24.7 Å². The summed E-state index contributed by atoms with van der Waals surface area (Å²) in [6.07, 6.45) is 12.3. The Hall–Kier alpha value is -0.900. The van der Waals surface area contributed by atoms with Crippen molar-refractivity contribution in [1.29, 1.82) is 0 Å². The third-order valence-electron chi connectivity index (χ3n) is 5.49. The minimum atomic E-state index is -0.557. The highest BCUT2D eigenvalue weighted by Crippen LogP contribution is 2.61.